The Morgan fingerprint density at radius 1 is 0.514 bits per heavy atom. The minimum Gasteiger partial charge on any atom is -0.873 e. The Hall–Kier alpha value is -2.39. The first-order chi connectivity index (χ1) is 16.2. The van der Waals surface area contributed by atoms with Crippen molar-refractivity contribution in [3.8, 4) is 22.9 Å². The van der Waals surface area contributed by atoms with Crippen LogP contribution in [0.2, 0.25) is 0 Å². The van der Waals surface area contributed by atoms with Crippen LogP contribution in [-0.4, -0.2) is 9.97 Å². The normalized spacial score (nSPS) is 12.3. The maximum Gasteiger partial charge on any atom is 2.00 e. The molecule has 0 aliphatic carbocycles. The first kappa shape index (κ1) is 32.6. The molecule has 2 heterocycles. The van der Waals surface area contributed by atoms with Gasteiger partial charge in [-0.05, 0) is 62.6 Å². The predicted octanol–water partition coefficient (Wildman–Crippen LogP) is 7.16. The van der Waals surface area contributed by atoms with Crippen LogP contribution >= 0.6 is 0 Å². The number of pyridine rings is 2. The minimum absolute atomic E-state index is 0. The van der Waals surface area contributed by atoms with E-state index in [-0.39, 0.29) is 43.9 Å². The van der Waals surface area contributed by atoms with Crippen LogP contribution in [0.25, 0.3) is 11.4 Å². The molecule has 3 aromatic rings. The van der Waals surface area contributed by atoms with Crippen molar-refractivity contribution in [3.05, 3.63) is 71.0 Å². The molecule has 37 heavy (non-hydrogen) atoms. The van der Waals surface area contributed by atoms with Gasteiger partial charge < -0.3 is 10.2 Å². The number of nitrogens with zero attached hydrogens (tertiary/aromatic N) is 2. The first-order valence-corrected chi connectivity index (χ1v) is 12.7. The summed E-state index contributed by atoms with van der Waals surface area (Å²) in [5.74, 6) is -0.752. The van der Waals surface area contributed by atoms with Crippen LogP contribution in [0.3, 0.4) is 0 Å². The summed E-state index contributed by atoms with van der Waals surface area (Å²) in [4.78, 5) is 8.97. The van der Waals surface area contributed by atoms with Crippen LogP contribution < -0.4 is 10.2 Å². The van der Waals surface area contributed by atoms with Crippen LogP contribution in [0.4, 0.5) is 0 Å². The maximum atomic E-state index is 11.8. The number of hydrogen-bond donors (Lipinski definition) is 0. The van der Waals surface area contributed by atoms with E-state index < -0.39 is 5.75 Å². The second-order valence-electron chi connectivity index (χ2n) is 13.7. The van der Waals surface area contributed by atoms with E-state index in [2.05, 4.69) is 75.8 Å². The Balaban J connectivity index is 0.000000369. The van der Waals surface area contributed by atoms with Gasteiger partial charge in [0.1, 0.15) is 0 Å². The summed E-state index contributed by atoms with van der Waals surface area (Å²) >= 11 is 0. The Morgan fingerprint density at radius 2 is 0.892 bits per heavy atom. The van der Waals surface area contributed by atoms with E-state index in [1.54, 1.807) is 0 Å². The Bertz CT molecular complexity index is 1140. The quantitative estimate of drug-likeness (QED) is 0.303. The second-order valence-corrected chi connectivity index (χ2v) is 13.7. The topological polar surface area (TPSA) is 71.9 Å². The van der Waals surface area contributed by atoms with Crippen molar-refractivity contribution >= 4 is 0 Å². The van der Waals surface area contributed by atoms with Gasteiger partial charge in [-0.15, -0.1) is 11.5 Å². The zero-order chi connectivity index (χ0) is 27.7. The zero-order valence-corrected chi connectivity index (χ0v) is 25.6. The molecule has 0 saturated carbocycles. The van der Waals surface area contributed by atoms with Gasteiger partial charge in [-0.3, -0.25) is 9.97 Å². The van der Waals surface area contributed by atoms with Crippen molar-refractivity contribution in [2.75, 3.05) is 0 Å². The van der Waals surface area contributed by atoms with Gasteiger partial charge in [0.25, 0.3) is 0 Å². The molecule has 0 saturated heterocycles. The third-order valence-electron chi connectivity index (χ3n) is 6.24. The monoisotopic (exact) mass is 546 g/mol. The van der Waals surface area contributed by atoms with E-state index in [4.69, 9.17) is 0 Å². The van der Waals surface area contributed by atoms with E-state index in [0.29, 0.717) is 5.56 Å². The van der Waals surface area contributed by atoms with E-state index in [1.165, 1.54) is 17.2 Å². The summed E-state index contributed by atoms with van der Waals surface area (Å²) < 4.78 is 0. The van der Waals surface area contributed by atoms with Crippen LogP contribution in [-0.2, 0) is 38.2 Å². The van der Waals surface area contributed by atoms with Crippen molar-refractivity contribution in [3.63, 3.8) is 0 Å². The molecule has 1 aromatic carbocycles. The van der Waals surface area contributed by atoms with Crippen LogP contribution in [0.5, 0.6) is 11.5 Å². The molecule has 5 heteroatoms. The standard InChI is InChI=1S/C18H24N2.C14H22O2.Ni/c1-17(2,3)13-7-9-19-15(11-13)16-12-14(8-10-20-16)18(4,5)6;1-13(2,3)9-7-10(14(4,5)6)12(16)11(15)8-9;/h7-12H,1-6H3;7-8,15-16H,1-6H3;/q;;+2/p-2. The molecule has 0 N–H and O–H groups in total. The SMILES string of the molecule is CC(C)(C)c1cc([O-])c([O-])c(C(C)(C)C)c1.CC(C)(C)c1ccnc(-c2cc(C(C)(C)C)ccn2)c1.[Ni+2]. The minimum atomic E-state index is -0.391. The van der Waals surface area contributed by atoms with E-state index in [0.717, 1.165) is 17.0 Å². The number of hydrogen-bond acceptors (Lipinski definition) is 4. The van der Waals surface area contributed by atoms with Crippen molar-refractivity contribution in [1.29, 1.82) is 0 Å². The van der Waals surface area contributed by atoms with Gasteiger partial charge >= 0.3 is 16.5 Å². The van der Waals surface area contributed by atoms with E-state index >= 15 is 0 Å². The van der Waals surface area contributed by atoms with E-state index in [9.17, 15) is 10.2 Å². The van der Waals surface area contributed by atoms with Crippen molar-refractivity contribution in [2.45, 2.75) is 105 Å². The number of benzene rings is 1. The Kier molecular flexibility index (Phi) is 10.2. The van der Waals surface area contributed by atoms with Gasteiger partial charge in [-0.1, -0.05) is 101 Å². The van der Waals surface area contributed by atoms with Gasteiger partial charge in [0.05, 0.1) is 11.4 Å². The summed E-state index contributed by atoms with van der Waals surface area (Å²) in [6, 6.07) is 11.8. The Morgan fingerprint density at radius 3 is 1.22 bits per heavy atom. The number of aromatic nitrogens is 2. The average Bonchev–Trinajstić information content (AvgIpc) is 2.73. The van der Waals surface area contributed by atoms with Gasteiger partial charge in [0.15, 0.2) is 0 Å². The molecule has 4 nitrogen and oxygen atoms in total. The van der Waals surface area contributed by atoms with Crippen molar-refractivity contribution < 1.29 is 26.7 Å². The van der Waals surface area contributed by atoms with E-state index in [1.807, 2.05) is 60.0 Å². The molecule has 204 valence electrons. The molecule has 0 aliphatic rings. The molecular weight excluding hydrogens is 503 g/mol. The predicted molar refractivity (Wildman–Crippen MR) is 148 cm³/mol. The van der Waals surface area contributed by atoms with Gasteiger partial charge in [0.2, 0.25) is 0 Å². The average molecular weight is 547 g/mol. The molecule has 0 atom stereocenters. The molecule has 0 bridgehead atoms. The molecule has 0 unspecified atom stereocenters. The van der Waals surface area contributed by atoms with Crippen LogP contribution in [0, 0.1) is 0 Å². The number of rotatable bonds is 1. The third-order valence-corrected chi connectivity index (χ3v) is 6.24. The summed E-state index contributed by atoms with van der Waals surface area (Å²) in [6.07, 6.45) is 3.75. The smallest absolute Gasteiger partial charge is 0.873 e. The molecule has 3 rings (SSSR count). The summed E-state index contributed by atoms with van der Waals surface area (Å²) in [6.45, 7) is 25.3. The molecule has 0 radical (unpaired) electrons. The Labute approximate surface area is 234 Å². The first-order valence-electron chi connectivity index (χ1n) is 12.7. The molecule has 2 aromatic heterocycles. The third kappa shape index (κ3) is 8.85. The molecule has 0 spiro atoms. The molecule has 0 fully saturated rings. The van der Waals surface area contributed by atoms with Gasteiger partial charge in [-0.25, -0.2) is 0 Å². The summed E-state index contributed by atoms with van der Waals surface area (Å²) in [5.41, 5.74) is 5.87. The summed E-state index contributed by atoms with van der Waals surface area (Å²) in [5, 5.41) is 23.4. The van der Waals surface area contributed by atoms with Crippen molar-refractivity contribution in [1.82, 2.24) is 9.97 Å². The summed E-state index contributed by atoms with van der Waals surface area (Å²) in [7, 11) is 0. The molecule has 0 amide bonds. The second kappa shape index (κ2) is 11.6. The maximum absolute atomic E-state index is 11.8. The fraction of sp³-hybridized carbons (Fsp3) is 0.500. The largest absolute Gasteiger partial charge is 2.00 e. The van der Waals surface area contributed by atoms with Gasteiger partial charge in [0, 0.05) is 12.4 Å². The van der Waals surface area contributed by atoms with Crippen molar-refractivity contribution in [2.24, 2.45) is 0 Å². The zero-order valence-electron chi connectivity index (χ0n) is 24.6. The fourth-order valence-electron chi connectivity index (χ4n) is 3.67. The molecular formula is C32H44N2NiO2. The molecule has 0 aliphatic heterocycles. The van der Waals surface area contributed by atoms with Crippen LogP contribution in [0.1, 0.15) is 105 Å². The van der Waals surface area contributed by atoms with Crippen LogP contribution in [0.15, 0.2) is 48.8 Å². The fourth-order valence-corrected chi connectivity index (χ4v) is 3.67. The van der Waals surface area contributed by atoms with Gasteiger partial charge in [-0.2, -0.15) is 0 Å².